The maximum atomic E-state index is 12.1. The van der Waals surface area contributed by atoms with E-state index in [1.54, 1.807) is 0 Å². The Hall–Kier alpha value is -1.78. The van der Waals surface area contributed by atoms with Gasteiger partial charge in [0.1, 0.15) is 17.6 Å². The molecule has 5 nitrogen and oxygen atoms in total. The van der Waals surface area contributed by atoms with Gasteiger partial charge in [0.05, 0.1) is 6.04 Å². The minimum absolute atomic E-state index is 0.0226. The van der Waals surface area contributed by atoms with Gasteiger partial charge in [0.25, 0.3) is 0 Å². The predicted octanol–water partition coefficient (Wildman–Crippen LogP) is 1.93. The first kappa shape index (κ1) is 15.3. The molecule has 0 aliphatic rings. The average molecular weight is 266 g/mol. The largest absolute Gasteiger partial charge is 0.464 e. The molecule has 2 N–H and O–H groups in total. The Morgan fingerprint density at radius 2 is 1.79 bits per heavy atom. The van der Waals surface area contributed by atoms with Crippen molar-refractivity contribution in [3.05, 3.63) is 23.7 Å². The second-order valence-electron chi connectivity index (χ2n) is 5.10. The quantitative estimate of drug-likeness (QED) is 0.855. The number of amides is 2. The summed E-state index contributed by atoms with van der Waals surface area (Å²) in [5.74, 6) is 1.12. The Bertz CT molecular complexity index is 451. The van der Waals surface area contributed by atoms with Crippen LogP contribution in [-0.2, 0) is 9.59 Å². The van der Waals surface area contributed by atoms with E-state index < -0.39 is 6.04 Å². The summed E-state index contributed by atoms with van der Waals surface area (Å²) in [6, 6.07) is 2.93. The van der Waals surface area contributed by atoms with Gasteiger partial charge in [-0.25, -0.2) is 0 Å². The summed E-state index contributed by atoms with van der Waals surface area (Å²) >= 11 is 0. The number of aryl methyl sites for hydroxylation is 1. The molecule has 2 unspecified atom stereocenters. The van der Waals surface area contributed by atoms with Crippen molar-refractivity contribution >= 4 is 11.8 Å². The number of carbonyl (C=O) groups is 2. The van der Waals surface area contributed by atoms with E-state index in [0.717, 1.165) is 5.76 Å². The fourth-order valence-corrected chi connectivity index (χ4v) is 1.81. The van der Waals surface area contributed by atoms with Gasteiger partial charge in [-0.1, -0.05) is 13.8 Å². The lowest BCUT2D eigenvalue weighted by molar-refractivity contribution is -0.129. The van der Waals surface area contributed by atoms with E-state index in [2.05, 4.69) is 10.6 Å². The minimum atomic E-state index is -0.531. The minimum Gasteiger partial charge on any atom is -0.464 e. The van der Waals surface area contributed by atoms with Gasteiger partial charge in [-0.05, 0) is 31.9 Å². The molecule has 19 heavy (non-hydrogen) atoms. The summed E-state index contributed by atoms with van der Waals surface area (Å²) in [6.07, 6.45) is 0. The molecule has 2 amide bonds. The SMILES string of the molecule is CC(=O)NC(C(=O)NC(C)c1ccc(C)o1)C(C)C. The van der Waals surface area contributed by atoms with E-state index in [4.69, 9.17) is 4.42 Å². The van der Waals surface area contributed by atoms with Gasteiger partial charge >= 0.3 is 0 Å². The van der Waals surface area contributed by atoms with Crippen LogP contribution in [0, 0.1) is 12.8 Å². The van der Waals surface area contributed by atoms with Crippen LogP contribution in [0.5, 0.6) is 0 Å². The lowest BCUT2D eigenvalue weighted by Gasteiger charge is -2.22. The Morgan fingerprint density at radius 3 is 2.21 bits per heavy atom. The third-order valence-corrected chi connectivity index (χ3v) is 2.85. The molecular formula is C14H22N2O3. The normalized spacial score (nSPS) is 14.0. The van der Waals surface area contributed by atoms with E-state index in [1.807, 2.05) is 39.8 Å². The molecule has 0 radical (unpaired) electrons. The lowest BCUT2D eigenvalue weighted by Crippen LogP contribution is -2.49. The fraction of sp³-hybridized carbons (Fsp3) is 0.571. The van der Waals surface area contributed by atoms with Gasteiger partial charge in [-0.3, -0.25) is 9.59 Å². The second-order valence-corrected chi connectivity index (χ2v) is 5.10. The molecule has 106 valence electrons. The smallest absolute Gasteiger partial charge is 0.243 e. The maximum absolute atomic E-state index is 12.1. The Kier molecular flexibility index (Phi) is 5.15. The Morgan fingerprint density at radius 1 is 1.16 bits per heavy atom. The van der Waals surface area contributed by atoms with E-state index in [9.17, 15) is 9.59 Å². The molecule has 0 bridgehead atoms. The van der Waals surface area contributed by atoms with Gasteiger partial charge in [-0.2, -0.15) is 0 Å². The number of hydrogen-bond donors (Lipinski definition) is 2. The van der Waals surface area contributed by atoms with Crippen LogP contribution < -0.4 is 10.6 Å². The first-order valence-corrected chi connectivity index (χ1v) is 6.45. The summed E-state index contributed by atoms with van der Waals surface area (Å²) in [6.45, 7) is 8.89. The number of nitrogens with one attached hydrogen (secondary N) is 2. The zero-order valence-corrected chi connectivity index (χ0v) is 12.1. The summed E-state index contributed by atoms with van der Waals surface area (Å²) < 4.78 is 5.47. The third-order valence-electron chi connectivity index (χ3n) is 2.85. The molecule has 0 aromatic carbocycles. The van der Waals surface area contributed by atoms with Crippen LogP contribution in [0.25, 0.3) is 0 Å². The standard InChI is InChI=1S/C14H22N2O3/c1-8(2)13(16-11(5)17)14(18)15-10(4)12-7-6-9(3)19-12/h6-8,10,13H,1-5H3,(H,15,18)(H,16,17). The fourth-order valence-electron chi connectivity index (χ4n) is 1.81. The molecule has 5 heteroatoms. The van der Waals surface area contributed by atoms with E-state index in [1.165, 1.54) is 6.92 Å². The van der Waals surface area contributed by atoms with Crippen LogP contribution in [-0.4, -0.2) is 17.9 Å². The Labute approximate surface area is 113 Å². The Balaban J connectivity index is 2.68. The van der Waals surface area contributed by atoms with Gasteiger partial charge in [0.15, 0.2) is 0 Å². The highest BCUT2D eigenvalue weighted by atomic mass is 16.3. The van der Waals surface area contributed by atoms with E-state index in [-0.39, 0.29) is 23.8 Å². The van der Waals surface area contributed by atoms with Crippen molar-refractivity contribution in [2.75, 3.05) is 0 Å². The van der Waals surface area contributed by atoms with E-state index >= 15 is 0 Å². The van der Waals surface area contributed by atoms with Gasteiger partial charge in [0, 0.05) is 6.92 Å². The van der Waals surface area contributed by atoms with Crippen LogP contribution in [0.15, 0.2) is 16.5 Å². The van der Waals surface area contributed by atoms with Crippen molar-refractivity contribution < 1.29 is 14.0 Å². The van der Waals surface area contributed by atoms with Crippen LogP contribution in [0.2, 0.25) is 0 Å². The van der Waals surface area contributed by atoms with Crippen molar-refractivity contribution in [2.24, 2.45) is 5.92 Å². The number of rotatable bonds is 5. The first-order valence-electron chi connectivity index (χ1n) is 6.45. The number of furan rings is 1. The van der Waals surface area contributed by atoms with Gasteiger partial charge in [0.2, 0.25) is 11.8 Å². The van der Waals surface area contributed by atoms with Crippen molar-refractivity contribution in [1.29, 1.82) is 0 Å². The average Bonchev–Trinajstić information content (AvgIpc) is 2.72. The predicted molar refractivity (Wildman–Crippen MR) is 72.4 cm³/mol. The molecule has 0 aliphatic heterocycles. The topological polar surface area (TPSA) is 71.3 Å². The second kappa shape index (κ2) is 6.41. The van der Waals surface area contributed by atoms with Crippen molar-refractivity contribution in [3.63, 3.8) is 0 Å². The molecule has 1 rings (SSSR count). The zero-order chi connectivity index (χ0) is 14.6. The summed E-state index contributed by atoms with van der Waals surface area (Å²) in [7, 11) is 0. The van der Waals surface area contributed by atoms with Gasteiger partial charge < -0.3 is 15.1 Å². The van der Waals surface area contributed by atoms with Gasteiger partial charge in [-0.15, -0.1) is 0 Å². The summed E-state index contributed by atoms with van der Waals surface area (Å²) in [5, 5.41) is 5.51. The molecule has 0 spiro atoms. The molecule has 0 saturated heterocycles. The molecule has 1 heterocycles. The molecule has 1 aromatic heterocycles. The zero-order valence-electron chi connectivity index (χ0n) is 12.1. The third kappa shape index (κ3) is 4.43. The van der Waals surface area contributed by atoms with Crippen molar-refractivity contribution in [1.82, 2.24) is 10.6 Å². The van der Waals surface area contributed by atoms with Crippen molar-refractivity contribution in [2.45, 2.75) is 46.7 Å². The molecule has 0 saturated carbocycles. The first-order chi connectivity index (χ1) is 8.81. The highest BCUT2D eigenvalue weighted by Gasteiger charge is 2.25. The molecule has 1 aromatic rings. The summed E-state index contributed by atoms with van der Waals surface area (Å²) in [5.41, 5.74) is 0. The summed E-state index contributed by atoms with van der Waals surface area (Å²) in [4.78, 5) is 23.3. The monoisotopic (exact) mass is 266 g/mol. The van der Waals surface area contributed by atoms with Crippen LogP contribution in [0.1, 0.15) is 45.3 Å². The van der Waals surface area contributed by atoms with Crippen LogP contribution in [0.4, 0.5) is 0 Å². The lowest BCUT2D eigenvalue weighted by atomic mass is 10.0. The maximum Gasteiger partial charge on any atom is 0.243 e. The molecule has 0 aliphatic carbocycles. The van der Waals surface area contributed by atoms with E-state index in [0.29, 0.717) is 5.76 Å². The molecule has 0 fully saturated rings. The highest BCUT2D eigenvalue weighted by molar-refractivity contribution is 5.87. The van der Waals surface area contributed by atoms with Crippen molar-refractivity contribution in [3.8, 4) is 0 Å². The number of carbonyl (C=O) groups excluding carboxylic acids is 2. The van der Waals surface area contributed by atoms with Crippen LogP contribution >= 0.6 is 0 Å². The number of hydrogen-bond acceptors (Lipinski definition) is 3. The molecular weight excluding hydrogens is 244 g/mol. The highest BCUT2D eigenvalue weighted by Crippen LogP contribution is 2.16. The van der Waals surface area contributed by atoms with Crippen LogP contribution in [0.3, 0.4) is 0 Å². The molecule has 2 atom stereocenters.